The van der Waals surface area contributed by atoms with E-state index in [1.54, 1.807) is 11.3 Å². The number of carbonyl (C=O) groups excluding carboxylic acids is 1. The summed E-state index contributed by atoms with van der Waals surface area (Å²) < 4.78 is 0. The maximum Gasteiger partial charge on any atom is 0.243 e. The lowest BCUT2D eigenvalue weighted by Gasteiger charge is -2.02. The number of rotatable bonds is 3. The van der Waals surface area contributed by atoms with Crippen LogP contribution in [0.3, 0.4) is 0 Å². The molecule has 3 rings (SSSR count). The number of hydrogen-bond donors (Lipinski definition) is 0. The van der Waals surface area contributed by atoms with E-state index in [1.165, 1.54) is 17.3 Å². The molecule has 0 atom stereocenters. The maximum atomic E-state index is 12.6. The third-order valence-electron chi connectivity index (χ3n) is 3.19. The average molecular weight is 325 g/mol. The number of aromatic nitrogens is 1. The molecule has 2 aromatic carbocycles. The molecule has 1 heterocycles. The fraction of sp³-hybridized carbons (Fsp3) is 0.111. The molecule has 0 saturated heterocycles. The molecule has 110 valence electrons. The van der Waals surface area contributed by atoms with Gasteiger partial charge in [-0.3, -0.25) is 4.79 Å². The zero-order chi connectivity index (χ0) is 15.5. The molecule has 22 heavy (non-hydrogen) atoms. The summed E-state index contributed by atoms with van der Waals surface area (Å²) >= 11 is 2.80. The third kappa shape index (κ3) is 3.29. The summed E-state index contributed by atoms with van der Waals surface area (Å²) in [7, 11) is 0. The van der Waals surface area contributed by atoms with E-state index in [4.69, 9.17) is 0 Å². The Labute approximate surface area is 138 Å². The average Bonchev–Trinajstić information content (AvgIpc) is 2.92. The van der Waals surface area contributed by atoms with Gasteiger partial charge in [0.15, 0.2) is 0 Å². The van der Waals surface area contributed by atoms with Crippen molar-refractivity contribution in [3.63, 3.8) is 0 Å². The zero-order valence-electron chi connectivity index (χ0n) is 12.4. The summed E-state index contributed by atoms with van der Waals surface area (Å²) in [6, 6.07) is 17.9. The van der Waals surface area contributed by atoms with Crippen LogP contribution in [0.4, 0.5) is 0 Å². The van der Waals surface area contributed by atoms with Crippen LogP contribution < -0.4 is 0 Å². The number of nitrogens with zero attached hydrogens (tertiary/aromatic N) is 1. The summed E-state index contributed by atoms with van der Waals surface area (Å²) in [5.41, 5.74) is 2.78. The van der Waals surface area contributed by atoms with Crippen LogP contribution in [0.15, 0.2) is 59.5 Å². The second kappa shape index (κ2) is 6.46. The van der Waals surface area contributed by atoms with Crippen molar-refractivity contribution in [2.45, 2.75) is 18.7 Å². The summed E-state index contributed by atoms with van der Waals surface area (Å²) in [6.45, 7) is 3.97. The molecule has 4 heteroatoms. The largest absolute Gasteiger partial charge is 0.279 e. The molecule has 0 amide bonds. The van der Waals surface area contributed by atoms with Gasteiger partial charge in [-0.15, -0.1) is 11.3 Å². The van der Waals surface area contributed by atoms with Gasteiger partial charge >= 0.3 is 0 Å². The molecule has 0 aliphatic heterocycles. The standard InChI is InChI=1S/C18H15NOS2/c1-12-8-10-15(11-9-12)22-18(20)16-17(21-13(2)19-16)14-6-4-3-5-7-14/h3-11H,1-2H3. The van der Waals surface area contributed by atoms with Crippen LogP contribution in [-0.4, -0.2) is 10.1 Å². The van der Waals surface area contributed by atoms with Crippen molar-refractivity contribution in [2.75, 3.05) is 0 Å². The van der Waals surface area contributed by atoms with Crippen LogP contribution in [0, 0.1) is 13.8 Å². The monoisotopic (exact) mass is 325 g/mol. The number of benzene rings is 2. The Morgan fingerprint density at radius 1 is 1.00 bits per heavy atom. The summed E-state index contributed by atoms with van der Waals surface area (Å²) in [5, 5.41) is 0.902. The fourth-order valence-corrected chi connectivity index (χ4v) is 3.83. The van der Waals surface area contributed by atoms with E-state index in [9.17, 15) is 4.79 Å². The first-order chi connectivity index (χ1) is 10.6. The van der Waals surface area contributed by atoms with E-state index in [2.05, 4.69) is 4.98 Å². The molecule has 2 nitrogen and oxygen atoms in total. The molecule has 3 aromatic rings. The molecule has 0 radical (unpaired) electrons. The van der Waals surface area contributed by atoms with Gasteiger partial charge < -0.3 is 0 Å². The van der Waals surface area contributed by atoms with Gasteiger partial charge in [-0.2, -0.15) is 0 Å². The molecule has 0 aliphatic carbocycles. The second-order valence-electron chi connectivity index (χ2n) is 4.98. The quantitative estimate of drug-likeness (QED) is 0.607. The summed E-state index contributed by atoms with van der Waals surface area (Å²) in [5.74, 6) is 0. The number of carbonyl (C=O) groups is 1. The smallest absolute Gasteiger partial charge is 0.243 e. The lowest BCUT2D eigenvalue weighted by Crippen LogP contribution is -1.96. The van der Waals surface area contributed by atoms with Crippen LogP contribution in [0.1, 0.15) is 21.1 Å². The summed E-state index contributed by atoms with van der Waals surface area (Å²) in [6.07, 6.45) is 0. The van der Waals surface area contributed by atoms with Crippen molar-refractivity contribution >= 4 is 28.2 Å². The predicted octanol–water partition coefficient (Wildman–Crippen LogP) is 5.36. The molecule has 0 saturated carbocycles. The minimum atomic E-state index is -0.00736. The van der Waals surface area contributed by atoms with Crippen molar-refractivity contribution in [1.82, 2.24) is 4.98 Å². The maximum absolute atomic E-state index is 12.6. The van der Waals surface area contributed by atoms with Crippen molar-refractivity contribution in [3.05, 3.63) is 70.9 Å². The second-order valence-corrected chi connectivity index (χ2v) is 7.23. The van der Waals surface area contributed by atoms with Crippen LogP contribution in [0.25, 0.3) is 10.4 Å². The van der Waals surface area contributed by atoms with Gasteiger partial charge in [0.25, 0.3) is 0 Å². The molecule has 0 aliphatic rings. The van der Waals surface area contributed by atoms with Gasteiger partial charge in [0, 0.05) is 4.90 Å². The lowest BCUT2D eigenvalue weighted by molar-refractivity contribution is 0.108. The molecule has 0 bridgehead atoms. The van der Waals surface area contributed by atoms with Crippen LogP contribution in [0.2, 0.25) is 0 Å². The highest BCUT2D eigenvalue weighted by molar-refractivity contribution is 8.14. The minimum Gasteiger partial charge on any atom is -0.279 e. The molecule has 0 unspecified atom stereocenters. The van der Waals surface area contributed by atoms with Gasteiger partial charge in [-0.1, -0.05) is 48.0 Å². The Morgan fingerprint density at radius 3 is 2.36 bits per heavy atom. The molecule has 0 spiro atoms. The van der Waals surface area contributed by atoms with Crippen molar-refractivity contribution in [2.24, 2.45) is 0 Å². The Balaban J connectivity index is 1.91. The van der Waals surface area contributed by atoms with Crippen LogP contribution >= 0.6 is 23.1 Å². The Bertz CT molecular complexity index is 792. The van der Waals surface area contributed by atoms with Crippen molar-refractivity contribution < 1.29 is 4.79 Å². The van der Waals surface area contributed by atoms with Gasteiger partial charge in [0.05, 0.1) is 9.88 Å². The SMILES string of the molecule is Cc1ccc(SC(=O)c2nc(C)sc2-c2ccccc2)cc1. The minimum absolute atomic E-state index is 0.00736. The molecular formula is C18H15NOS2. The van der Waals surface area contributed by atoms with Crippen LogP contribution in [0.5, 0.6) is 0 Å². The fourth-order valence-electron chi connectivity index (χ4n) is 2.11. The van der Waals surface area contributed by atoms with Gasteiger partial charge in [0.2, 0.25) is 5.12 Å². The first-order valence-electron chi connectivity index (χ1n) is 6.95. The van der Waals surface area contributed by atoms with Crippen molar-refractivity contribution in [3.8, 4) is 10.4 Å². The Hall–Kier alpha value is -1.91. The molecular weight excluding hydrogens is 310 g/mol. The van der Waals surface area contributed by atoms with E-state index in [-0.39, 0.29) is 5.12 Å². The van der Waals surface area contributed by atoms with E-state index in [0.717, 1.165) is 20.3 Å². The van der Waals surface area contributed by atoms with Gasteiger partial charge in [-0.05, 0) is 43.3 Å². The Morgan fingerprint density at radius 2 is 1.68 bits per heavy atom. The van der Waals surface area contributed by atoms with Gasteiger partial charge in [0.1, 0.15) is 5.69 Å². The highest BCUT2D eigenvalue weighted by Crippen LogP contribution is 2.34. The highest BCUT2D eigenvalue weighted by Gasteiger charge is 2.19. The van der Waals surface area contributed by atoms with E-state index >= 15 is 0 Å². The highest BCUT2D eigenvalue weighted by atomic mass is 32.2. The predicted molar refractivity (Wildman–Crippen MR) is 93.7 cm³/mol. The topological polar surface area (TPSA) is 30.0 Å². The molecule has 1 aromatic heterocycles. The van der Waals surface area contributed by atoms with E-state index < -0.39 is 0 Å². The zero-order valence-corrected chi connectivity index (χ0v) is 14.0. The first-order valence-corrected chi connectivity index (χ1v) is 8.58. The number of aryl methyl sites for hydroxylation is 2. The van der Waals surface area contributed by atoms with E-state index in [1.807, 2.05) is 68.4 Å². The number of hydrogen-bond acceptors (Lipinski definition) is 4. The van der Waals surface area contributed by atoms with Gasteiger partial charge in [-0.25, -0.2) is 4.98 Å². The lowest BCUT2D eigenvalue weighted by atomic mass is 10.2. The number of thiazole rings is 1. The normalized spacial score (nSPS) is 10.6. The van der Waals surface area contributed by atoms with Crippen LogP contribution in [-0.2, 0) is 0 Å². The summed E-state index contributed by atoms with van der Waals surface area (Å²) in [4.78, 5) is 19.0. The molecule has 0 N–H and O–H groups in total. The first kappa shape index (κ1) is 15.0. The molecule has 0 fully saturated rings. The number of thioether (sulfide) groups is 1. The Kier molecular flexibility index (Phi) is 4.41. The van der Waals surface area contributed by atoms with E-state index in [0.29, 0.717) is 5.69 Å². The van der Waals surface area contributed by atoms with Crippen molar-refractivity contribution in [1.29, 1.82) is 0 Å². The third-order valence-corrected chi connectivity index (χ3v) is 5.10.